The lowest BCUT2D eigenvalue weighted by Crippen LogP contribution is -2.20. The van der Waals surface area contributed by atoms with Crippen LogP contribution in [0.2, 0.25) is 0 Å². The Kier molecular flexibility index (Phi) is 7.40. The molecule has 4 nitrogen and oxygen atoms in total. The minimum atomic E-state index is -0.114. The molecule has 0 saturated carbocycles. The molecule has 1 heterocycles. The third-order valence-corrected chi connectivity index (χ3v) is 3.90. The maximum absolute atomic E-state index is 11.4. The fourth-order valence-corrected chi connectivity index (χ4v) is 2.75. The van der Waals surface area contributed by atoms with Crippen molar-refractivity contribution in [2.24, 2.45) is 0 Å². The monoisotopic (exact) mass is 304 g/mol. The number of nitrogens with one attached hydrogen (secondary N) is 1. The van der Waals surface area contributed by atoms with Crippen LogP contribution >= 0.6 is 0 Å². The van der Waals surface area contributed by atoms with Crippen molar-refractivity contribution in [3.05, 3.63) is 35.4 Å². The second-order valence-corrected chi connectivity index (χ2v) is 5.95. The summed E-state index contributed by atoms with van der Waals surface area (Å²) in [6.07, 6.45) is 3.97. The van der Waals surface area contributed by atoms with E-state index in [2.05, 4.69) is 34.5 Å². The van der Waals surface area contributed by atoms with E-state index < -0.39 is 0 Å². The molecule has 0 amide bonds. The SMILES string of the molecule is CCCOC(=O)CCNCc1cccc(CN2CCCC2)c1. The van der Waals surface area contributed by atoms with E-state index >= 15 is 0 Å². The highest BCUT2D eigenvalue weighted by atomic mass is 16.5. The number of rotatable bonds is 9. The lowest BCUT2D eigenvalue weighted by molar-refractivity contribution is -0.143. The Balaban J connectivity index is 1.68. The van der Waals surface area contributed by atoms with Gasteiger partial charge in [0.25, 0.3) is 0 Å². The van der Waals surface area contributed by atoms with Crippen molar-refractivity contribution in [2.75, 3.05) is 26.2 Å². The van der Waals surface area contributed by atoms with E-state index in [9.17, 15) is 4.79 Å². The maximum Gasteiger partial charge on any atom is 0.307 e. The van der Waals surface area contributed by atoms with Gasteiger partial charge in [0, 0.05) is 19.6 Å². The molecule has 122 valence electrons. The van der Waals surface area contributed by atoms with Gasteiger partial charge >= 0.3 is 5.97 Å². The molecule has 0 aromatic heterocycles. The molecule has 1 aromatic carbocycles. The zero-order chi connectivity index (χ0) is 15.6. The first-order chi connectivity index (χ1) is 10.8. The van der Waals surface area contributed by atoms with Gasteiger partial charge in [-0.25, -0.2) is 0 Å². The summed E-state index contributed by atoms with van der Waals surface area (Å²) in [7, 11) is 0. The van der Waals surface area contributed by atoms with Gasteiger partial charge in [-0.2, -0.15) is 0 Å². The van der Waals surface area contributed by atoms with Gasteiger partial charge in [0.05, 0.1) is 13.0 Å². The third-order valence-electron chi connectivity index (χ3n) is 3.90. The largest absolute Gasteiger partial charge is 0.466 e. The summed E-state index contributed by atoms with van der Waals surface area (Å²) in [5.41, 5.74) is 2.65. The van der Waals surface area contributed by atoms with Crippen LogP contribution in [0.1, 0.15) is 43.7 Å². The quantitative estimate of drug-likeness (QED) is 0.562. The number of likely N-dealkylation sites (tertiary alicyclic amines) is 1. The first-order valence-corrected chi connectivity index (χ1v) is 8.44. The molecule has 0 spiro atoms. The number of carbonyl (C=O) groups is 1. The molecule has 0 atom stereocenters. The summed E-state index contributed by atoms with van der Waals surface area (Å²) >= 11 is 0. The van der Waals surface area contributed by atoms with Crippen LogP contribution in [0.4, 0.5) is 0 Å². The van der Waals surface area contributed by atoms with Crippen LogP contribution in [0.5, 0.6) is 0 Å². The summed E-state index contributed by atoms with van der Waals surface area (Å²) in [6, 6.07) is 8.72. The van der Waals surface area contributed by atoms with E-state index in [4.69, 9.17) is 4.74 Å². The van der Waals surface area contributed by atoms with Crippen LogP contribution in [0.15, 0.2) is 24.3 Å². The highest BCUT2D eigenvalue weighted by Gasteiger charge is 2.11. The molecule has 1 aromatic rings. The lowest BCUT2D eigenvalue weighted by atomic mass is 10.1. The number of hydrogen-bond acceptors (Lipinski definition) is 4. The first-order valence-electron chi connectivity index (χ1n) is 8.44. The van der Waals surface area contributed by atoms with E-state index in [1.807, 2.05) is 6.92 Å². The van der Waals surface area contributed by atoms with Crippen LogP contribution in [-0.4, -0.2) is 37.1 Å². The number of carbonyl (C=O) groups excluding carboxylic acids is 1. The van der Waals surface area contributed by atoms with Crippen LogP contribution < -0.4 is 5.32 Å². The smallest absolute Gasteiger partial charge is 0.307 e. The zero-order valence-electron chi connectivity index (χ0n) is 13.6. The minimum absolute atomic E-state index is 0.114. The predicted octanol–water partition coefficient (Wildman–Crippen LogP) is 2.72. The molecule has 1 aliphatic heterocycles. The number of nitrogens with zero attached hydrogens (tertiary/aromatic N) is 1. The summed E-state index contributed by atoms with van der Waals surface area (Å²) in [5, 5.41) is 3.32. The molecule has 1 N–H and O–H groups in total. The second kappa shape index (κ2) is 9.59. The molecule has 1 fully saturated rings. The van der Waals surface area contributed by atoms with Gasteiger partial charge in [0.2, 0.25) is 0 Å². The summed E-state index contributed by atoms with van der Waals surface area (Å²) in [5.74, 6) is -0.114. The molecular weight excluding hydrogens is 276 g/mol. The molecule has 4 heteroatoms. The van der Waals surface area contributed by atoms with Gasteiger partial charge in [-0.15, -0.1) is 0 Å². The van der Waals surface area contributed by atoms with E-state index in [0.29, 0.717) is 19.6 Å². The highest BCUT2D eigenvalue weighted by molar-refractivity contribution is 5.69. The number of ether oxygens (including phenoxy) is 1. The lowest BCUT2D eigenvalue weighted by Gasteiger charge is -2.15. The van der Waals surface area contributed by atoms with E-state index in [-0.39, 0.29) is 5.97 Å². The van der Waals surface area contributed by atoms with Gasteiger partial charge in [-0.3, -0.25) is 9.69 Å². The Labute approximate surface area is 133 Å². The minimum Gasteiger partial charge on any atom is -0.466 e. The van der Waals surface area contributed by atoms with Gasteiger partial charge in [0.1, 0.15) is 0 Å². The van der Waals surface area contributed by atoms with Crippen molar-refractivity contribution in [3.63, 3.8) is 0 Å². The number of esters is 1. The van der Waals surface area contributed by atoms with Crippen molar-refractivity contribution in [1.29, 1.82) is 0 Å². The Morgan fingerprint density at radius 1 is 1.27 bits per heavy atom. The molecule has 0 bridgehead atoms. The van der Waals surface area contributed by atoms with E-state index in [0.717, 1.165) is 19.5 Å². The van der Waals surface area contributed by atoms with Crippen LogP contribution in [0.25, 0.3) is 0 Å². The predicted molar refractivity (Wildman–Crippen MR) is 88.5 cm³/mol. The summed E-state index contributed by atoms with van der Waals surface area (Å²) in [4.78, 5) is 13.9. The summed E-state index contributed by atoms with van der Waals surface area (Å²) < 4.78 is 5.05. The van der Waals surface area contributed by atoms with Gasteiger partial charge in [0.15, 0.2) is 0 Å². The van der Waals surface area contributed by atoms with Crippen molar-refractivity contribution < 1.29 is 9.53 Å². The van der Waals surface area contributed by atoms with Gasteiger partial charge < -0.3 is 10.1 Å². The van der Waals surface area contributed by atoms with E-state index in [1.54, 1.807) is 0 Å². The van der Waals surface area contributed by atoms with Crippen LogP contribution in [0, 0.1) is 0 Å². The molecule has 0 unspecified atom stereocenters. The fourth-order valence-electron chi connectivity index (χ4n) is 2.75. The molecule has 0 aliphatic carbocycles. The van der Waals surface area contributed by atoms with E-state index in [1.165, 1.54) is 37.1 Å². The average Bonchev–Trinajstić information content (AvgIpc) is 3.03. The average molecular weight is 304 g/mol. The molecular formula is C18H28N2O2. The standard InChI is InChI=1S/C18H28N2O2/c1-2-12-22-18(21)8-9-19-14-16-6-5-7-17(13-16)15-20-10-3-4-11-20/h5-7,13,19H,2-4,8-12,14-15H2,1H3. The normalized spacial score (nSPS) is 15.1. The maximum atomic E-state index is 11.4. The molecule has 0 radical (unpaired) electrons. The van der Waals surface area contributed by atoms with Crippen molar-refractivity contribution in [2.45, 2.75) is 45.7 Å². The van der Waals surface area contributed by atoms with Crippen LogP contribution in [0.3, 0.4) is 0 Å². The summed E-state index contributed by atoms with van der Waals surface area (Å²) in [6.45, 7) is 7.49. The highest BCUT2D eigenvalue weighted by Crippen LogP contribution is 2.13. The van der Waals surface area contributed by atoms with Crippen LogP contribution in [-0.2, 0) is 22.6 Å². The molecule has 2 rings (SSSR count). The van der Waals surface area contributed by atoms with Crippen molar-refractivity contribution in [1.82, 2.24) is 10.2 Å². The number of hydrogen-bond donors (Lipinski definition) is 1. The fraction of sp³-hybridized carbons (Fsp3) is 0.611. The molecule has 22 heavy (non-hydrogen) atoms. The molecule has 1 saturated heterocycles. The Bertz CT molecular complexity index is 456. The second-order valence-electron chi connectivity index (χ2n) is 5.95. The molecule has 1 aliphatic rings. The third kappa shape index (κ3) is 6.16. The Morgan fingerprint density at radius 2 is 2.05 bits per heavy atom. The van der Waals surface area contributed by atoms with Gasteiger partial charge in [-0.1, -0.05) is 31.2 Å². The first kappa shape index (κ1) is 17.0. The van der Waals surface area contributed by atoms with Gasteiger partial charge in [-0.05, 0) is 43.5 Å². The zero-order valence-corrected chi connectivity index (χ0v) is 13.6. The topological polar surface area (TPSA) is 41.6 Å². The Morgan fingerprint density at radius 3 is 2.82 bits per heavy atom. The van der Waals surface area contributed by atoms with Crippen molar-refractivity contribution in [3.8, 4) is 0 Å². The van der Waals surface area contributed by atoms with Crippen molar-refractivity contribution >= 4 is 5.97 Å². The number of benzene rings is 1. The Hall–Kier alpha value is -1.39.